The number of piperidine rings is 1. The van der Waals surface area contributed by atoms with Crippen LogP contribution in [0.3, 0.4) is 0 Å². The van der Waals surface area contributed by atoms with E-state index in [0.29, 0.717) is 13.2 Å². The second kappa shape index (κ2) is 10.1. The lowest BCUT2D eigenvalue weighted by atomic mass is 10.1. The van der Waals surface area contributed by atoms with Crippen LogP contribution in [-0.4, -0.2) is 48.4 Å². The Morgan fingerprint density at radius 2 is 2.00 bits per heavy atom. The summed E-state index contributed by atoms with van der Waals surface area (Å²) in [5.41, 5.74) is 1.33. The van der Waals surface area contributed by atoms with Gasteiger partial charge in [0, 0.05) is 20.1 Å². The fourth-order valence-corrected chi connectivity index (χ4v) is 3.55. The molecular formula is C19H27N5OS. The van der Waals surface area contributed by atoms with Crippen LogP contribution in [-0.2, 0) is 6.54 Å². The van der Waals surface area contributed by atoms with E-state index in [1.807, 2.05) is 25.3 Å². The van der Waals surface area contributed by atoms with E-state index in [0.717, 1.165) is 22.6 Å². The van der Waals surface area contributed by atoms with Crippen molar-refractivity contribution in [2.24, 2.45) is 0 Å². The lowest BCUT2D eigenvalue weighted by molar-refractivity contribution is 0.220. The molecule has 7 heteroatoms. The van der Waals surface area contributed by atoms with Gasteiger partial charge in [0.05, 0.1) is 0 Å². The van der Waals surface area contributed by atoms with Gasteiger partial charge in [-0.2, -0.15) is 0 Å². The first-order chi connectivity index (χ1) is 12.8. The third-order valence-corrected chi connectivity index (χ3v) is 5.17. The highest BCUT2D eigenvalue weighted by atomic mass is 32.1. The average Bonchev–Trinajstić information content (AvgIpc) is 3.14. The van der Waals surface area contributed by atoms with Crippen LogP contribution in [0.1, 0.15) is 24.8 Å². The van der Waals surface area contributed by atoms with Crippen LogP contribution in [0.25, 0.3) is 0 Å². The largest absolute Gasteiger partial charge is 0.490 e. The van der Waals surface area contributed by atoms with Gasteiger partial charge >= 0.3 is 0 Å². The lowest BCUT2D eigenvalue weighted by Crippen LogP contribution is -2.29. The smallest absolute Gasteiger partial charge is 0.207 e. The summed E-state index contributed by atoms with van der Waals surface area (Å²) in [4.78, 5) is 2.53. The molecule has 0 radical (unpaired) electrons. The van der Waals surface area contributed by atoms with Crippen molar-refractivity contribution in [3.05, 3.63) is 42.0 Å². The maximum absolute atomic E-state index is 5.84. The third-order valence-electron chi connectivity index (χ3n) is 4.28. The topological polar surface area (TPSA) is 62.3 Å². The SMILES string of the molecule is CNc1nnc(NC/C=C\COc2cccc(CN3CCCCC3)c2)s1. The molecule has 2 N–H and O–H groups in total. The van der Waals surface area contributed by atoms with Crippen molar-refractivity contribution in [1.29, 1.82) is 0 Å². The average molecular weight is 374 g/mol. The van der Waals surface area contributed by atoms with Crippen LogP contribution < -0.4 is 15.4 Å². The molecule has 2 heterocycles. The van der Waals surface area contributed by atoms with Crippen molar-refractivity contribution in [2.75, 3.05) is 43.9 Å². The zero-order valence-electron chi connectivity index (χ0n) is 15.3. The molecule has 0 amide bonds. The first-order valence-electron chi connectivity index (χ1n) is 9.18. The molecule has 3 rings (SSSR count). The number of nitrogens with zero attached hydrogens (tertiary/aromatic N) is 3. The summed E-state index contributed by atoms with van der Waals surface area (Å²) >= 11 is 1.50. The minimum Gasteiger partial charge on any atom is -0.490 e. The predicted octanol–water partition coefficient (Wildman–Crippen LogP) is 3.61. The Hall–Kier alpha value is -2.12. The Kier molecular flexibility index (Phi) is 7.27. The Bertz CT molecular complexity index is 697. The normalized spacial score (nSPS) is 15.3. The summed E-state index contributed by atoms with van der Waals surface area (Å²) < 4.78 is 5.84. The number of ether oxygens (including phenoxy) is 1. The highest BCUT2D eigenvalue weighted by molar-refractivity contribution is 7.19. The van der Waals surface area contributed by atoms with Crippen molar-refractivity contribution in [1.82, 2.24) is 15.1 Å². The third kappa shape index (κ3) is 6.00. The highest BCUT2D eigenvalue weighted by Gasteiger charge is 2.10. The quantitative estimate of drug-likeness (QED) is 0.655. The Balaban J connectivity index is 1.37. The zero-order valence-corrected chi connectivity index (χ0v) is 16.1. The molecule has 1 aliphatic heterocycles. The van der Waals surface area contributed by atoms with Crippen molar-refractivity contribution in [3.8, 4) is 5.75 Å². The second-order valence-corrected chi connectivity index (χ2v) is 7.29. The maximum atomic E-state index is 5.84. The van der Waals surface area contributed by atoms with Gasteiger partial charge in [-0.15, -0.1) is 10.2 Å². The van der Waals surface area contributed by atoms with Crippen LogP contribution in [0, 0.1) is 0 Å². The standard InChI is InChI=1S/C19H27N5OS/c1-20-18-22-23-19(26-18)21-10-3-6-13-25-17-9-7-8-16(14-17)15-24-11-4-2-5-12-24/h3,6-9,14H,2,4-5,10-13,15H2,1H3,(H,20,22)(H,21,23)/b6-3-. The fraction of sp³-hybridized carbons (Fsp3) is 0.474. The molecule has 1 saturated heterocycles. The molecule has 1 fully saturated rings. The van der Waals surface area contributed by atoms with Gasteiger partial charge < -0.3 is 15.4 Å². The predicted molar refractivity (Wildman–Crippen MR) is 108 cm³/mol. The summed E-state index contributed by atoms with van der Waals surface area (Å²) in [6, 6.07) is 8.44. The molecule has 2 aromatic rings. The van der Waals surface area contributed by atoms with Gasteiger partial charge in [-0.3, -0.25) is 4.90 Å². The molecule has 0 atom stereocenters. The van der Waals surface area contributed by atoms with E-state index < -0.39 is 0 Å². The first-order valence-corrected chi connectivity index (χ1v) is 9.99. The number of hydrogen-bond donors (Lipinski definition) is 2. The molecule has 0 aliphatic carbocycles. The van der Waals surface area contributed by atoms with E-state index in [9.17, 15) is 0 Å². The number of anilines is 2. The molecule has 0 bridgehead atoms. The molecular weight excluding hydrogens is 346 g/mol. The summed E-state index contributed by atoms with van der Waals surface area (Å²) in [5.74, 6) is 0.930. The first kappa shape index (κ1) is 18.7. The van der Waals surface area contributed by atoms with Gasteiger partial charge in [0.2, 0.25) is 10.3 Å². The monoisotopic (exact) mass is 373 g/mol. The van der Waals surface area contributed by atoms with Crippen molar-refractivity contribution >= 4 is 21.6 Å². The van der Waals surface area contributed by atoms with Crippen molar-refractivity contribution in [3.63, 3.8) is 0 Å². The molecule has 0 saturated carbocycles. The molecule has 0 unspecified atom stereocenters. The van der Waals surface area contributed by atoms with Crippen LogP contribution in [0.5, 0.6) is 5.75 Å². The molecule has 0 spiro atoms. The molecule has 1 aromatic carbocycles. The van der Waals surface area contributed by atoms with E-state index in [1.54, 1.807) is 0 Å². The number of aromatic nitrogens is 2. The maximum Gasteiger partial charge on any atom is 0.207 e. The Morgan fingerprint density at radius 3 is 2.81 bits per heavy atom. The fourth-order valence-electron chi connectivity index (χ4n) is 2.95. The van der Waals surface area contributed by atoms with Crippen molar-refractivity contribution in [2.45, 2.75) is 25.8 Å². The minimum absolute atomic E-state index is 0.562. The van der Waals surface area contributed by atoms with Gasteiger partial charge in [-0.25, -0.2) is 0 Å². The van der Waals surface area contributed by atoms with E-state index in [1.165, 1.54) is 49.3 Å². The molecule has 140 valence electrons. The van der Waals surface area contributed by atoms with Gasteiger partial charge in [-0.1, -0.05) is 36.0 Å². The summed E-state index contributed by atoms with van der Waals surface area (Å²) in [5, 5.41) is 15.8. The number of nitrogens with one attached hydrogen (secondary N) is 2. The van der Waals surface area contributed by atoms with Crippen LogP contribution in [0.15, 0.2) is 36.4 Å². The van der Waals surface area contributed by atoms with Crippen LogP contribution in [0.2, 0.25) is 0 Å². The van der Waals surface area contributed by atoms with Gasteiger partial charge in [-0.05, 0) is 49.7 Å². The Labute approximate surface area is 159 Å². The molecule has 26 heavy (non-hydrogen) atoms. The van der Waals surface area contributed by atoms with Gasteiger partial charge in [0.1, 0.15) is 12.4 Å². The van der Waals surface area contributed by atoms with Crippen molar-refractivity contribution < 1.29 is 4.74 Å². The zero-order chi connectivity index (χ0) is 18.0. The lowest BCUT2D eigenvalue weighted by Gasteiger charge is -2.26. The number of benzene rings is 1. The number of likely N-dealkylation sites (tertiary alicyclic amines) is 1. The van der Waals surface area contributed by atoms with E-state index in [4.69, 9.17) is 4.74 Å². The van der Waals surface area contributed by atoms with Gasteiger partial charge in [0.15, 0.2) is 0 Å². The highest BCUT2D eigenvalue weighted by Crippen LogP contribution is 2.19. The van der Waals surface area contributed by atoms with Crippen LogP contribution in [0.4, 0.5) is 10.3 Å². The molecule has 1 aromatic heterocycles. The van der Waals surface area contributed by atoms with E-state index in [-0.39, 0.29) is 0 Å². The summed E-state index contributed by atoms with van der Waals surface area (Å²) in [6.07, 6.45) is 8.07. The number of hydrogen-bond acceptors (Lipinski definition) is 7. The van der Waals surface area contributed by atoms with E-state index in [2.05, 4.69) is 43.9 Å². The summed E-state index contributed by atoms with van der Waals surface area (Å²) in [7, 11) is 1.84. The second-order valence-electron chi connectivity index (χ2n) is 6.31. The summed E-state index contributed by atoms with van der Waals surface area (Å²) in [6.45, 7) is 4.72. The Morgan fingerprint density at radius 1 is 1.15 bits per heavy atom. The number of rotatable bonds is 9. The molecule has 1 aliphatic rings. The molecule has 6 nitrogen and oxygen atoms in total. The minimum atomic E-state index is 0.562. The van der Waals surface area contributed by atoms with Crippen LogP contribution >= 0.6 is 11.3 Å². The van der Waals surface area contributed by atoms with Gasteiger partial charge in [0.25, 0.3) is 0 Å². The van der Waals surface area contributed by atoms with E-state index >= 15 is 0 Å².